The average molecular weight is 490 g/mol. The lowest BCUT2D eigenvalue weighted by Crippen LogP contribution is -2.44. The number of aromatic nitrogens is 2. The van der Waals surface area contributed by atoms with Gasteiger partial charge in [-0.05, 0) is 19.1 Å². The summed E-state index contributed by atoms with van der Waals surface area (Å²) in [5.41, 5.74) is 1.87. The van der Waals surface area contributed by atoms with E-state index in [4.69, 9.17) is 13.9 Å². The molecular weight excluding hydrogens is 459 g/mol. The van der Waals surface area contributed by atoms with Crippen LogP contribution in [0.5, 0.6) is 5.75 Å². The van der Waals surface area contributed by atoms with Crippen LogP contribution in [0.15, 0.2) is 39.9 Å². The van der Waals surface area contributed by atoms with Gasteiger partial charge in [0.25, 0.3) is 13.1 Å². The minimum absolute atomic E-state index is 0.0867. The Morgan fingerprint density at radius 3 is 2.68 bits per heavy atom. The molecule has 11 heteroatoms. The summed E-state index contributed by atoms with van der Waals surface area (Å²) in [6.45, 7) is 6.45. The number of furan rings is 1. The molecule has 4 rings (SSSR count). The van der Waals surface area contributed by atoms with Crippen LogP contribution in [0.4, 0.5) is 0 Å². The van der Waals surface area contributed by atoms with Crippen molar-refractivity contribution >= 4 is 18.5 Å². The second-order valence-corrected chi connectivity index (χ2v) is 10.9. The molecule has 4 heterocycles. The fourth-order valence-corrected chi connectivity index (χ4v) is 4.97. The van der Waals surface area contributed by atoms with Crippen molar-refractivity contribution in [1.82, 2.24) is 19.1 Å². The van der Waals surface area contributed by atoms with Gasteiger partial charge < -0.3 is 23.4 Å². The molecule has 184 valence electrons. The molecule has 0 radical (unpaired) electrons. The van der Waals surface area contributed by atoms with E-state index >= 15 is 0 Å². The molecule has 1 N–H and O–H groups in total. The molecule has 0 aliphatic carbocycles. The number of pyridine rings is 2. The maximum absolute atomic E-state index is 12.9. The first-order valence-corrected chi connectivity index (χ1v) is 13.2. The Hall–Kier alpha value is -2.49. The predicted octanol–water partition coefficient (Wildman–Crippen LogP) is 2.54. The second kappa shape index (κ2) is 10.0. The minimum Gasteiger partial charge on any atom is -0.489 e. The van der Waals surface area contributed by atoms with E-state index in [0.717, 1.165) is 11.1 Å². The highest BCUT2D eigenvalue weighted by Gasteiger charge is 2.27. The summed E-state index contributed by atoms with van der Waals surface area (Å²) < 4.78 is 32.5. The van der Waals surface area contributed by atoms with Crippen LogP contribution < -0.4 is 10.3 Å². The molecule has 1 saturated heterocycles. The molecule has 2 atom stereocenters. The highest BCUT2D eigenvalue weighted by atomic mass is 31.2. The molecule has 0 aromatic carbocycles. The zero-order chi connectivity index (χ0) is 24.5. The van der Waals surface area contributed by atoms with Crippen LogP contribution in [0.25, 0.3) is 22.1 Å². The summed E-state index contributed by atoms with van der Waals surface area (Å²) in [6, 6.07) is 3.63. The average Bonchev–Trinajstić information content (AvgIpc) is 3.24. The van der Waals surface area contributed by atoms with Crippen LogP contribution in [0.2, 0.25) is 0 Å². The van der Waals surface area contributed by atoms with Gasteiger partial charge in [0.05, 0.1) is 24.2 Å². The fraction of sp³-hybridized carbons (Fsp3) is 0.478. The van der Waals surface area contributed by atoms with Crippen LogP contribution in [-0.2, 0) is 22.9 Å². The Bertz CT molecular complexity index is 1260. The van der Waals surface area contributed by atoms with Crippen LogP contribution in [-0.4, -0.2) is 76.7 Å². The molecule has 0 saturated carbocycles. The number of nitrogens with zero attached hydrogens (tertiary/aromatic N) is 4. The third kappa shape index (κ3) is 5.26. The van der Waals surface area contributed by atoms with Crippen molar-refractivity contribution in [2.75, 3.05) is 46.6 Å². The number of rotatable bonds is 8. The van der Waals surface area contributed by atoms with Crippen LogP contribution in [0.3, 0.4) is 0 Å². The van der Waals surface area contributed by atoms with E-state index in [1.54, 1.807) is 43.5 Å². The highest BCUT2D eigenvalue weighted by Crippen LogP contribution is 2.41. The van der Waals surface area contributed by atoms with E-state index < -0.39 is 7.52 Å². The minimum atomic E-state index is -3.23. The van der Waals surface area contributed by atoms with Gasteiger partial charge in [0.1, 0.15) is 23.7 Å². The topological polar surface area (TPSA) is 110 Å². The Kier molecular flexibility index (Phi) is 7.25. The summed E-state index contributed by atoms with van der Waals surface area (Å²) in [5.74, 6) is 1.25. The van der Waals surface area contributed by atoms with E-state index in [0.29, 0.717) is 61.8 Å². The van der Waals surface area contributed by atoms with Crippen molar-refractivity contribution in [2.24, 2.45) is 7.05 Å². The first-order valence-electron chi connectivity index (χ1n) is 11.2. The van der Waals surface area contributed by atoms with Crippen molar-refractivity contribution in [2.45, 2.75) is 19.6 Å². The van der Waals surface area contributed by atoms with Crippen molar-refractivity contribution < 1.29 is 23.3 Å². The summed E-state index contributed by atoms with van der Waals surface area (Å²) in [6.07, 6.45) is 4.98. The van der Waals surface area contributed by atoms with Crippen molar-refractivity contribution in [1.29, 1.82) is 0 Å². The molecule has 1 aliphatic rings. The quantitative estimate of drug-likeness (QED) is 0.476. The maximum Gasteiger partial charge on any atom is 0.266 e. The van der Waals surface area contributed by atoms with Gasteiger partial charge in [0.15, 0.2) is 0 Å². The van der Waals surface area contributed by atoms with Crippen molar-refractivity contribution in [3.05, 3.63) is 46.8 Å². The van der Waals surface area contributed by atoms with Gasteiger partial charge in [-0.25, -0.2) is 4.67 Å². The first-order chi connectivity index (χ1) is 16.2. The monoisotopic (exact) mass is 490 g/mol. The number of hydrogen-bond donors (Lipinski definition) is 1. The SMILES string of the molecule is COC(C)COc1cnccc1-c1cn(C)c(=O)c2cc(CN3CCN(P(C)(=O)O)CC3)oc12. The number of methoxy groups -OCH3 is 1. The van der Waals surface area contributed by atoms with E-state index in [2.05, 4.69) is 9.88 Å². The second-order valence-electron chi connectivity index (χ2n) is 8.71. The number of hydrogen-bond acceptors (Lipinski definition) is 7. The number of ether oxygens (including phenoxy) is 2. The number of aryl methyl sites for hydroxylation is 1. The number of piperazine rings is 1. The molecule has 3 aromatic rings. The van der Waals surface area contributed by atoms with Gasteiger partial charge in [-0.3, -0.25) is 19.2 Å². The van der Waals surface area contributed by atoms with E-state index in [9.17, 15) is 14.3 Å². The van der Waals surface area contributed by atoms with Crippen LogP contribution >= 0.6 is 7.52 Å². The van der Waals surface area contributed by atoms with Gasteiger partial charge in [-0.15, -0.1) is 0 Å². The van der Waals surface area contributed by atoms with Crippen LogP contribution in [0.1, 0.15) is 12.7 Å². The lowest BCUT2D eigenvalue weighted by atomic mass is 10.1. The Morgan fingerprint density at radius 1 is 1.26 bits per heavy atom. The third-order valence-electron chi connectivity index (χ3n) is 6.10. The molecular formula is C23H31N4O6P. The molecule has 0 amide bonds. The summed E-state index contributed by atoms with van der Waals surface area (Å²) in [7, 11) is 0.110. The Balaban J connectivity index is 1.64. The smallest absolute Gasteiger partial charge is 0.266 e. The standard InChI is InChI=1S/C23H31N4O6P/c1-16(31-3)15-32-21-12-24-6-5-18(21)20-14-25(2)23(28)19-11-17(33-22(19)20)13-26-7-9-27(10-8-26)34(4,29)30/h5-6,11-12,14,16H,7-10,13,15H2,1-4H3,(H,29,30). The zero-order valence-electron chi connectivity index (χ0n) is 19.9. The lowest BCUT2D eigenvalue weighted by molar-refractivity contribution is 0.0717. The molecule has 1 fully saturated rings. The molecule has 34 heavy (non-hydrogen) atoms. The zero-order valence-corrected chi connectivity index (χ0v) is 20.8. The van der Waals surface area contributed by atoms with Crippen LogP contribution in [0, 0.1) is 0 Å². The normalized spacial score (nSPS) is 18.1. The van der Waals surface area contributed by atoms with Gasteiger partial charge in [0, 0.05) is 70.5 Å². The molecule has 0 bridgehead atoms. The predicted molar refractivity (Wildman–Crippen MR) is 129 cm³/mol. The largest absolute Gasteiger partial charge is 0.489 e. The fourth-order valence-electron chi connectivity index (χ4n) is 4.05. The molecule has 10 nitrogen and oxygen atoms in total. The summed E-state index contributed by atoms with van der Waals surface area (Å²) in [5, 5.41) is 0.495. The molecule has 3 aromatic heterocycles. The first kappa shape index (κ1) is 24.6. The van der Waals surface area contributed by atoms with E-state index in [1.165, 1.54) is 11.2 Å². The number of fused-ring (bicyclic) bond motifs is 1. The van der Waals surface area contributed by atoms with Gasteiger partial charge in [0.2, 0.25) is 0 Å². The Labute approximate surface area is 198 Å². The molecule has 1 aliphatic heterocycles. The van der Waals surface area contributed by atoms with Crippen molar-refractivity contribution in [3.63, 3.8) is 0 Å². The summed E-state index contributed by atoms with van der Waals surface area (Å²) >= 11 is 0. The molecule has 0 spiro atoms. The third-order valence-corrected chi connectivity index (χ3v) is 7.55. The van der Waals surface area contributed by atoms with Crippen molar-refractivity contribution in [3.8, 4) is 16.9 Å². The lowest BCUT2D eigenvalue weighted by Gasteiger charge is -2.35. The van der Waals surface area contributed by atoms with E-state index in [1.807, 2.05) is 13.0 Å². The van der Waals surface area contributed by atoms with E-state index in [-0.39, 0.29) is 11.7 Å². The highest BCUT2D eigenvalue weighted by molar-refractivity contribution is 7.54. The summed E-state index contributed by atoms with van der Waals surface area (Å²) in [4.78, 5) is 29.0. The maximum atomic E-state index is 12.9. The van der Waals surface area contributed by atoms with Gasteiger partial charge in [-0.1, -0.05) is 0 Å². The Morgan fingerprint density at radius 2 is 2.00 bits per heavy atom. The van der Waals surface area contributed by atoms with Gasteiger partial charge >= 0.3 is 0 Å². The van der Waals surface area contributed by atoms with Gasteiger partial charge in [-0.2, -0.15) is 0 Å². The molecule has 2 unspecified atom stereocenters.